The van der Waals surface area contributed by atoms with Gasteiger partial charge in [-0.1, -0.05) is 13.8 Å². The number of aromatic nitrogens is 3. The van der Waals surface area contributed by atoms with Gasteiger partial charge in [-0.05, 0) is 19.3 Å². The summed E-state index contributed by atoms with van der Waals surface area (Å²) in [4.78, 5) is 4.60. The van der Waals surface area contributed by atoms with Crippen LogP contribution in [0.2, 0.25) is 0 Å². The van der Waals surface area contributed by atoms with Gasteiger partial charge in [0.15, 0.2) is 5.82 Å². The number of fused-ring (bicyclic) bond motifs is 1. The van der Waals surface area contributed by atoms with E-state index >= 15 is 0 Å². The van der Waals surface area contributed by atoms with Crippen LogP contribution in [0, 0.1) is 0 Å². The predicted molar refractivity (Wildman–Crippen MR) is 90.0 cm³/mol. The molecule has 0 bridgehead atoms. The van der Waals surface area contributed by atoms with Crippen LogP contribution >= 0.6 is 0 Å². The van der Waals surface area contributed by atoms with Gasteiger partial charge in [-0.2, -0.15) is 5.10 Å². The van der Waals surface area contributed by atoms with E-state index in [0.29, 0.717) is 31.7 Å². The van der Waals surface area contributed by atoms with E-state index < -0.39 is 6.10 Å². The summed E-state index contributed by atoms with van der Waals surface area (Å²) < 4.78 is 13.1. The molecule has 3 heterocycles. The molecule has 3 rings (SSSR count). The summed E-state index contributed by atoms with van der Waals surface area (Å²) in [7, 11) is 0. The second-order valence-corrected chi connectivity index (χ2v) is 7.19. The first-order chi connectivity index (χ1) is 11.6. The van der Waals surface area contributed by atoms with Gasteiger partial charge in [0.1, 0.15) is 5.82 Å². The number of aryl methyl sites for hydroxylation is 1. The maximum atomic E-state index is 10.1. The second-order valence-electron chi connectivity index (χ2n) is 7.19. The SMILES string of the molecule is CC(C)c1nc2n(n1)C[C@H](NC[C@@H](O)COC[C@@H]1CCCO1)CC2. The van der Waals surface area contributed by atoms with E-state index in [0.717, 1.165) is 50.5 Å². The number of nitrogens with one attached hydrogen (secondary N) is 1. The largest absolute Gasteiger partial charge is 0.389 e. The van der Waals surface area contributed by atoms with E-state index in [2.05, 4.69) is 29.2 Å². The van der Waals surface area contributed by atoms with Crippen LogP contribution in [0.1, 0.15) is 50.7 Å². The van der Waals surface area contributed by atoms with Crippen LogP contribution in [0.3, 0.4) is 0 Å². The lowest BCUT2D eigenvalue weighted by Crippen LogP contribution is -2.42. The maximum absolute atomic E-state index is 10.1. The number of rotatable bonds is 8. The van der Waals surface area contributed by atoms with Gasteiger partial charge >= 0.3 is 0 Å². The van der Waals surface area contributed by atoms with Gasteiger partial charge in [0, 0.05) is 31.5 Å². The summed E-state index contributed by atoms with van der Waals surface area (Å²) in [5, 5.41) is 18.1. The van der Waals surface area contributed by atoms with Crippen LogP contribution in [0.4, 0.5) is 0 Å². The molecular weight excluding hydrogens is 308 g/mol. The normalized spacial score (nSPS) is 25.2. The van der Waals surface area contributed by atoms with Gasteiger partial charge in [0.2, 0.25) is 0 Å². The standard InChI is InChI=1S/C17H30N4O3/c1-12(2)17-19-16-6-5-13(9-21(16)20-17)18-8-14(22)10-23-11-15-4-3-7-24-15/h12-15,18,22H,3-11H2,1-2H3/t13-,14-,15+/m1/s1. The van der Waals surface area contributed by atoms with E-state index in [4.69, 9.17) is 9.47 Å². The average molecular weight is 338 g/mol. The fourth-order valence-corrected chi connectivity index (χ4v) is 3.21. The number of ether oxygens (including phenoxy) is 2. The molecule has 0 amide bonds. The second kappa shape index (κ2) is 8.38. The molecule has 0 radical (unpaired) electrons. The van der Waals surface area contributed by atoms with Crippen molar-refractivity contribution >= 4 is 0 Å². The van der Waals surface area contributed by atoms with Gasteiger partial charge in [0.05, 0.1) is 32.0 Å². The van der Waals surface area contributed by atoms with E-state index in [1.807, 2.05) is 4.68 Å². The monoisotopic (exact) mass is 338 g/mol. The van der Waals surface area contributed by atoms with Gasteiger partial charge < -0.3 is 19.9 Å². The molecule has 0 unspecified atom stereocenters. The molecule has 0 saturated carbocycles. The fourth-order valence-electron chi connectivity index (χ4n) is 3.21. The molecule has 0 spiro atoms. The van der Waals surface area contributed by atoms with Crippen LogP contribution in [0.25, 0.3) is 0 Å². The Labute approximate surface area is 143 Å². The maximum Gasteiger partial charge on any atom is 0.153 e. The molecular formula is C17H30N4O3. The molecule has 7 heteroatoms. The fraction of sp³-hybridized carbons (Fsp3) is 0.882. The van der Waals surface area contributed by atoms with E-state index in [9.17, 15) is 5.11 Å². The number of aliphatic hydroxyl groups is 1. The number of hydrogen-bond donors (Lipinski definition) is 2. The van der Waals surface area contributed by atoms with Crippen LogP contribution in [0.5, 0.6) is 0 Å². The van der Waals surface area contributed by atoms with Crippen molar-refractivity contribution in [2.45, 2.75) is 70.2 Å². The topological polar surface area (TPSA) is 81.4 Å². The highest BCUT2D eigenvalue weighted by Crippen LogP contribution is 2.17. The Balaban J connectivity index is 1.35. The van der Waals surface area contributed by atoms with Crippen molar-refractivity contribution in [3.8, 4) is 0 Å². The minimum absolute atomic E-state index is 0.212. The van der Waals surface area contributed by atoms with Crippen LogP contribution in [-0.4, -0.2) is 64.5 Å². The Bertz CT molecular complexity index is 514. The molecule has 3 atom stereocenters. The minimum atomic E-state index is -0.491. The lowest BCUT2D eigenvalue weighted by molar-refractivity contribution is -0.0171. The van der Waals surface area contributed by atoms with Crippen molar-refractivity contribution < 1.29 is 14.6 Å². The molecule has 0 aliphatic carbocycles. The number of hydrogen-bond acceptors (Lipinski definition) is 6. The van der Waals surface area contributed by atoms with Crippen molar-refractivity contribution in [1.29, 1.82) is 0 Å². The van der Waals surface area contributed by atoms with Crippen LogP contribution in [-0.2, 0) is 22.4 Å². The van der Waals surface area contributed by atoms with Crippen molar-refractivity contribution in [3.63, 3.8) is 0 Å². The lowest BCUT2D eigenvalue weighted by atomic mass is 10.1. The first-order valence-electron chi connectivity index (χ1n) is 9.16. The van der Waals surface area contributed by atoms with Crippen LogP contribution in [0.15, 0.2) is 0 Å². The lowest BCUT2D eigenvalue weighted by Gasteiger charge is -2.25. The zero-order chi connectivity index (χ0) is 16.9. The van der Waals surface area contributed by atoms with Gasteiger partial charge in [-0.25, -0.2) is 9.67 Å². The van der Waals surface area contributed by atoms with E-state index in [1.165, 1.54) is 0 Å². The Kier molecular flexibility index (Phi) is 6.21. The van der Waals surface area contributed by atoms with Crippen molar-refractivity contribution in [2.24, 2.45) is 0 Å². The van der Waals surface area contributed by atoms with Crippen molar-refractivity contribution in [3.05, 3.63) is 11.6 Å². The molecule has 1 fully saturated rings. The Hall–Kier alpha value is -1.02. The zero-order valence-corrected chi connectivity index (χ0v) is 14.8. The Morgan fingerprint density at radius 2 is 2.29 bits per heavy atom. The first kappa shape index (κ1) is 17.8. The first-order valence-corrected chi connectivity index (χ1v) is 9.16. The summed E-state index contributed by atoms with van der Waals surface area (Å²) >= 11 is 0. The van der Waals surface area contributed by atoms with E-state index in [-0.39, 0.29) is 6.10 Å². The predicted octanol–water partition coefficient (Wildman–Crippen LogP) is 0.862. The Morgan fingerprint density at radius 3 is 3.04 bits per heavy atom. The van der Waals surface area contributed by atoms with Crippen LogP contribution < -0.4 is 5.32 Å². The molecule has 24 heavy (non-hydrogen) atoms. The highest BCUT2D eigenvalue weighted by atomic mass is 16.5. The molecule has 2 N–H and O–H groups in total. The van der Waals surface area contributed by atoms with Gasteiger partial charge in [-0.15, -0.1) is 0 Å². The third-order valence-corrected chi connectivity index (χ3v) is 4.67. The molecule has 1 aromatic rings. The smallest absolute Gasteiger partial charge is 0.153 e. The average Bonchev–Trinajstić information content (AvgIpc) is 3.21. The quantitative estimate of drug-likeness (QED) is 0.732. The molecule has 1 aromatic heterocycles. The summed E-state index contributed by atoms with van der Waals surface area (Å²) in [6.45, 7) is 7.36. The highest BCUT2D eigenvalue weighted by Gasteiger charge is 2.23. The molecule has 0 aromatic carbocycles. The van der Waals surface area contributed by atoms with E-state index in [1.54, 1.807) is 0 Å². The third kappa shape index (κ3) is 4.75. The highest BCUT2D eigenvalue weighted by molar-refractivity contribution is 5.01. The molecule has 136 valence electrons. The minimum Gasteiger partial charge on any atom is -0.389 e. The summed E-state index contributed by atoms with van der Waals surface area (Å²) in [5.74, 6) is 2.36. The molecule has 7 nitrogen and oxygen atoms in total. The summed E-state index contributed by atoms with van der Waals surface area (Å²) in [6.07, 6.45) is 3.86. The zero-order valence-electron chi connectivity index (χ0n) is 14.8. The van der Waals surface area contributed by atoms with Crippen molar-refractivity contribution in [1.82, 2.24) is 20.1 Å². The molecule has 2 aliphatic heterocycles. The summed E-state index contributed by atoms with van der Waals surface area (Å²) in [6, 6.07) is 0.326. The molecule has 1 saturated heterocycles. The summed E-state index contributed by atoms with van der Waals surface area (Å²) in [5.41, 5.74) is 0. The van der Waals surface area contributed by atoms with Gasteiger partial charge in [0.25, 0.3) is 0 Å². The third-order valence-electron chi connectivity index (χ3n) is 4.67. The number of nitrogens with zero attached hydrogens (tertiary/aromatic N) is 3. The Morgan fingerprint density at radius 1 is 1.42 bits per heavy atom. The van der Waals surface area contributed by atoms with Gasteiger partial charge in [-0.3, -0.25) is 0 Å². The van der Waals surface area contributed by atoms with Crippen molar-refractivity contribution in [2.75, 3.05) is 26.4 Å². The molecule has 2 aliphatic rings. The number of aliphatic hydroxyl groups excluding tert-OH is 1.